The number of nitrogens with zero attached hydrogens (tertiary/aromatic N) is 1. The molecule has 0 saturated heterocycles. The summed E-state index contributed by atoms with van der Waals surface area (Å²) in [6.45, 7) is 2.17. The second kappa shape index (κ2) is 8.40. The van der Waals surface area contributed by atoms with E-state index in [1.165, 1.54) is 23.1 Å². The van der Waals surface area contributed by atoms with Crippen LogP contribution >= 0.6 is 11.8 Å². The number of amides is 1. The number of hydrogen-bond donors (Lipinski definition) is 2. The third-order valence-corrected chi connectivity index (χ3v) is 8.92. The number of hydrogen-bond acceptors (Lipinski definition) is 4. The molecule has 2 aromatic carbocycles. The van der Waals surface area contributed by atoms with Gasteiger partial charge in [-0.25, -0.2) is 0 Å². The third-order valence-electron chi connectivity index (χ3n) is 7.61. The molecular formula is C29H29N3OS. The molecule has 1 aliphatic carbocycles. The summed E-state index contributed by atoms with van der Waals surface area (Å²) in [5, 5.41) is 5.58. The number of dihydropyridines is 1. The van der Waals surface area contributed by atoms with Crippen LogP contribution in [0.5, 0.6) is 0 Å². The molecule has 0 aromatic heterocycles. The van der Waals surface area contributed by atoms with Gasteiger partial charge in [0.25, 0.3) is 0 Å². The van der Waals surface area contributed by atoms with Crippen LogP contribution < -0.4 is 11.1 Å². The second-order valence-electron chi connectivity index (χ2n) is 9.93. The fourth-order valence-corrected chi connectivity index (χ4v) is 6.65. The predicted octanol–water partition coefficient (Wildman–Crippen LogP) is 5.32. The molecule has 4 nitrogen and oxygen atoms in total. The van der Waals surface area contributed by atoms with Crippen molar-refractivity contribution in [3.05, 3.63) is 100 Å². The van der Waals surface area contributed by atoms with Gasteiger partial charge in [-0.2, -0.15) is 0 Å². The zero-order chi connectivity index (χ0) is 23.3. The Hall–Kier alpha value is -2.89. The van der Waals surface area contributed by atoms with Gasteiger partial charge in [-0.15, -0.1) is 11.8 Å². The maximum absolute atomic E-state index is 13.0. The first-order chi connectivity index (χ1) is 16.5. The van der Waals surface area contributed by atoms with Gasteiger partial charge in [-0.3, -0.25) is 9.79 Å². The monoisotopic (exact) mass is 467 g/mol. The Morgan fingerprint density at radius 3 is 2.47 bits per heavy atom. The molecule has 0 spiro atoms. The van der Waals surface area contributed by atoms with Crippen molar-refractivity contribution in [1.82, 2.24) is 5.32 Å². The molecule has 4 aliphatic rings. The molecule has 0 bridgehead atoms. The summed E-state index contributed by atoms with van der Waals surface area (Å²) in [4.78, 5) is 18.3. The van der Waals surface area contributed by atoms with Crippen LogP contribution in [0, 0.1) is 5.92 Å². The van der Waals surface area contributed by atoms with Gasteiger partial charge >= 0.3 is 0 Å². The standard InChI is InChI=1S/C29H29N3OS/c1-18-14-25(34-17-18)24-16-31-28(33)23-15-22(19-6-3-2-4-7-19)26(32-27(23)24)20-8-10-21(11-9-20)29(30)12-5-13-29/h2-4,6-11,15-17,23,25,27H,5,12-14,30H2,1H3,(H,31,33). The zero-order valence-corrected chi connectivity index (χ0v) is 20.1. The Morgan fingerprint density at radius 1 is 1.06 bits per heavy atom. The lowest BCUT2D eigenvalue weighted by Crippen LogP contribution is -2.44. The summed E-state index contributed by atoms with van der Waals surface area (Å²) in [5.41, 5.74) is 14.3. The highest BCUT2D eigenvalue weighted by atomic mass is 32.2. The quantitative estimate of drug-likeness (QED) is 0.640. The molecule has 3 heterocycles. The number of carbonyl (C=O) groups excluding carboxylic acids is 1. The highest BCUT2D eigenvalue weighted by Crippen LogP contribution is 2.42. The number of benzene rings is 2. The molecule has 1 amide bonds. The number of nitrogens with two attached hydrogens (primary N) is 1. The summed E-state index contributed by atoms with van der Waals surface area (Å²) < 4.78 is 0. The second-order valence-corrected chi connectivity index (χ2v) is 11.0. The number of carbonyl (C=O) groups is 1. The third kappa shape index (κ3) is 3.68. The van der Waals surface area contributed by atoms with Crippen LogP contribution in [0.15, 0.2) is 88.4 Å². The van der Waals surface area contributed by atoms with Crippen molar-refractivity contribution in [2.75, 3.05) is 0 Å². The van der Waals surface area contributed by atoms with Crippen molar-refractivity contribution in [3.63, 3.8) is 0 Å². The lowest BCUT2D eigenvalue weighted by Gasteiger charge is -2.38. The van der Waals surface area contributed by atoms with E-state index in [1.54, 1.807) is 0 Å². The smallest absolute Gasteiger partial charge is 0.233 e. The molecule has 1 saturated carbocycles. The fraction of sp³-hybridized carbons (Fsp3) is 0.310. The maximum Gasteiger partial charge on any atom is 0.233 e. The van der Waals surface area contributed by atoms with Gasteiger partial charge in [0.05, 0.1) is 17.7 Å². The average molecular weight is 468 g/mol. The minimum atomic E-state index is -0.304. The Labute approximate surface area is 205 Å². The van der Waals surface area contributed by atoms with Crippen LogP contribution in [0.25, 0.3) is 5.57 Å². The lowest BCUT2D eigenvalue weighted by atomic mass is 9.72. The van der Waals surface area contributed by atoms with E-state index < -0.39 is 0 Å². The number of thioether (sulfide) groups is 1. The van der Waals surface area contributed by atoms with Crippen molar-refractivity contribution in [2.24, 2.45) is 16.6 Å². The molecule has 1 fully saturated rings. The van der Waals surface area contributed by atoms with Crippen LogP contribution in [0.4, 0.5) is 0 Å². The average Bonchev–Trinajstić information content (AvgIpc) is 3.29. The Balaban J connectivity index is 1.43. The van der Waals surface area contributed by atoms with Gasteiger partial charge < -0.3 is 11.1 Å². The molecule has 6 rings (SSSR count). The molecule has 34 heavy (non-hydrogen) atoms. The van der Waals surface area contributed by atoms with Crippen LogP contribution in [0.3, 0.4) is 0 Å². The highest BCUT2D eigenvalue weighted by Gasteiger charge is 2.40. The van der Waals surface area contributed by atoms with Gasteiger partial charge in [0.15, 0.2) is 0 Å². The number of rotatable bonds is 4. The van der Waals surface area contributed by atoms with Crippen LogP contribution in [-0.4, -0.2) is 22.9 Å². The van der Waals surface area contributed by atoms with E-state index in [4.69, 9.17) is 10.7 Å². The number of allylic oxidation sites excluding steroid dienone is 2. The maximum atomic E-state index is 13.0. The fourth-order valence-electron chi connectivity index (χ4n) is 5.43. The van der Waals surface area contributed by atoms with E-state index in [2.05, 4.69) is 60.1 Å². The van der Waals surface area contributed by atoms with E-state index in [0.717, 1.165) is 41.7 Å². The normalized spacial score (nSPS) is 27.5. The SMILES string of the molecule is CC1=CSC(C2=CNC(=O)C3C=C(c4ccccc4)C(c4ccc(C5(N)CCC5)cc4)=NC23)C1. The van der Waals surface area contributed by atoms with Crippen molar-refractivity contribution < 1.29 is 4.79 Å². The van der Waals surface area contributed by atoms with Gasteiger partial charge in [-0.05, 0) is 54.7 Å². The Bertz CT molecular complexity index is 1250. The number of aliphatic imine (C=N–C) groups is 1. The van der Waals surface area contributed by atoms with Gasteiger partial charge in [0.1, 0.15) is 0 Å². The number of nitrogens with one attached hydrogen (secondary N) is 1. The van der Waals surface area contributed by atoms with Crippen LogP contribution in [0.1, 0.15) is 49.3 Å². The largest absolute Gasteiger partial charge is 0.332 e. The van der Waals surface area contributed by atoms with Crippen LogP contribution in [0.2, 0.25) is 0 Å². The van der Waals surface area contributed by atoms with E-state index >= 15 is 0 Å². The molecule has 3 atom stereocenters. The predicted molar refractivity (Wildman–Crippen MR) is 140 cm³/mol. The molecule has 3 unspecified atom stereocenters. The topological polar surface area (TPSA) is 67.5 Å². The molecule has 172 valence electrons. The molecule has 5 heteroatoms. The first-order valence-electron chi connectivity index (χ1n) is 12.1. The lowest BCUT2D eigenvalue weighted by molar-refractivity contribution is -0.123. The summed E-state index contributed by atoms with van der Waals surface area (Å²) in [6, 6.07) is 18.7. The van der Waals surface area contributed by atoms with Crippen molar-refractivity contribution >= 4 is 29.0 Å². The van der Waals surface area contributed by atoms with E-state index in [-0.39, 0.29) is 23.4 Å². The summed E-state index contributed by atoms with van der Waals surface area (Å²) in [7, 11) is 0. The highest BCUT2D eigenvalue weighted by molar-refractivity contribution is 8.03. The Kier molecular flexibility index (Phi) is 5.34. The molecular weight excluding hydrogens is 438 g/mol. The molecule has 3 aliphatic heterocycles. The minimum absolute atomic E-state index is 0.0167. The van der Waals surface area contributed by atoms with E-state index in [0.29, 0.717) is 5.25 Å². The number of fused-ring (bicyclic) bond motifs is 1. The molecule has 3 N–H and O–H groups in total. The van der Waals surface area contributed by atoms with Crippen LogP contribution in [-0.2, 0) is 10.3 Å². The van der Waals surface area contributed by atoms with Gasteiger partial charge in [0.2, 0.25) is 5.91 Å². The van der Waals surface area contributed by atoms with Gasteiger partial charge in [0, 0.05) is 28.1 Å². The first-order valence-corrected chi connectivity index (χ1v) is 13.0. The van der Waals surface area contributed by atoms with Crippen molar-refractivity contribution in [1.29, 1.82) is 0 Å². The Morgan fingerprint density at radius 2 is 1.82 bits per heavy atom. The summed E-state index contributed by atoms with van der Waals surface area (Å²) in [6.07, 6.45) is 8.33. The van der Waals surface area contributed by atoms with E-state index in [9.17, 15) is 4.79 Å². The molecule has 2 aromatic rings. The first kappa shape index (κ1) is 21.6. The van der Waals surface area contributed by atoms with E-state index in [1.807, 2.05) is 36.2 Å². The van der Waals surface area contributed by atoms with Gasteiger partial charge in [-0.1, -0.05) is 66.2 Å². The zero-order valence-electron chi connectivity index (χ0n) is 19.3. The van der Waals surface area contributed by atoms with Crippen molar-refractivity contribution in [3.8, 4) is 0 Å². The van der Waals surface area contributed by atoms with Crippen molar-refractivity contribution in [2.45, 2.75) is 49.4 Å². The minimum Gasteiger partial charge on any atom is -0.332 e. The summed E-state index contributed by atoms with van der Waals surface area (Å²) >= 11 is 1.84. The molecule has 0 radical (unpaired) electrons. The summed E-state index contributed by atoms with van der Waals surface area (Å²) in [5.74, 6) is -0.287.